The lowest BCUT2D eigenvalue weighted by Gasteiger charge is -2.19. The second-order valence-electron chi connectivity index (χ2n) is 4.78. The molecule has 1 heterocycles. The summed E-state index contributed by atoms with van der Waals surface area (Å²) in [5, 5.41) is 4.69. The average Bonchev–Trinajstić information content (AvgIpc) is 2.53. The topological polar surface area (TPSA) is 24.9 Å². The van der Waals surface area contributed by atoms with E-state index in [0.29, 0.717) is 12.0 Å². The molecule has 0 bridgehead atoms. The van der Waals surface area contributed by atoms with Crippen LogP contribution in [-0.4, -0.2) is 18.1 Å². The van der Waals surface area contributed by atoms with Crippen molar-refractivity contribution in [2.45, 2.75) is 53.0 Å². The van der Waals surface area contributed by atoms with E-state index >= 15 is 0 Å². The Hall–Kier alpha value is -0.410. The second-order valence-corrected chi connectivity index (χ2v) is 6.07. The Bertz CT molecular complexity index is 298. The molecule has 1 unspecified atom stereocenters. The molecule has 3 heteroatoms. The lowest BCUT2D eigenvalue weighted by Crippen LogP contribution is -2.30. The fourth-order valence-electron chi connectivity index (χ4n) is 1.93. The SMILES string of the molecule is CNC(CCCc1nc(C)c(C)s1)C(C)C. The molecular formula is C13H24N2S. The fraction of sp³-hybridized carbons (Fsp3) is 0.769. The molecule has 0 saturated carbocycles. The van der Waals surface area contributed by atoms with Crippen LogP contribution >= 0.6 is 11.3 Å². The van der Waals surface area contributed by atoms with Crippen LogP contribution in [0.4, 0.5) is 0 Å². The number of nitrogens with one attached hydrogen (secondary N) is 1. The minimum atomic E-state index is 0.641. The Morgan fingerprint density at radius 3 is 2.44 bits per heavy atom. The van der Waals surface area contributed by atoms with Crippen LogP contribution in [0.5, 0.6) is 0 Å². The van der Waals surface area contributed by atoms with E-state index in [4.69, 9.17) is 0 Å². The molecule has 0 amide bonds. The van der Waals surface area contributed by atoms with Crippen molar-refractivity contribution in [3.63, 3.8) is 0 Å². The Kier molecular flexibility index (Phi) is 5.42. The van der Waals surface area contributed by atoms with E-state index in [0.717, 1.165) is 6.42 Å². The zero-order valence-corrected chi connectivity index (χ0v) is 11.9. The van der Waals surface area contributed by atoms with E-state index in [2.05, 4.69) is 45.0 Å². The minimum absolute atomic E-state index is 0.641. The first-order chi connectivity index (χ1) is 7.54. The zero-order chi connectivity index (χ0) is 12.1. The molecule has 0 aliphatic carbocycles. The number of aromatic nitrogens is 1. The third kappa shape index (κ3) is 3.87. The number of hydrogen-bond donors (Lipinski definition) is 1. The molecule has 1 N–H and O–H groups in total. The van der Waals surface area contributed by atoms with Crippen LogP contribution in [0.3, 0.4) is 0 Å². The van der Waals surface area contributed by atoms with E-state index < -0.39 is 0 Å². The fourth-order valence-corrected chi connectivity index (χ4v) is 2.91. The molecule has 2 nitrogen and oxygen atoms in total. The van der Waals surface area contributed by atoms with Crippen LogP contribution in [-0.2, 0) is 6.42 Å². The molecule has 1 aromatic heterocycles. The molecule has 0 spiro atoms. The van der Waals surface area contributed by atoms with Crippen molar-refractivity contribution in [3.8, 4) is 0 Å². The van der Waals surface area contributed by atoms with E-state index in [1.807, 2.05) is 11.3 Å². The molecule has 1 rings (SSSR count). The van der Waals surface area contributed by atoms with Gasteiger partial charge in [-0.25, -0.2) is 4.98 Å². The predicted octanol–water partition coefficient (Wildman–Crippen LogP) is 3.33. The van der Waals surface area contributed by atoms with Crippen molar-refractivity contribution in [2.24, 2.45) is 5.92 Å². The number of hydrogen-bond acceptors (Lipinski definition) is 3. The molecule has 0 aliphatic rings. The summed E-state index contributed by atoms with van der Waals surface area (Å²) in [5.74, 6) is 0.713. The summed E-state index contributed by atoms with van der Waals surface area (Å²) in [6.45, 7) is 8.80. The van der Waals surface area contributed by atoms with E-state index in [-0.39, 0.29) is 0 Å². The Labute approximate surface area is 103 Å². The van der Waals surface area contributed by atoms with Gasteiger partial charge in [-0.15, -0.1) is 11.3 Å². The maximum atomic E-state index is 4.58. The van der Waals surface area contributed by atoms with Crippen LogP contribution in [0.25, 0.3) is 0 Å². The van der Waals surface area contributed by atoms with Gasteiger partial charge in [0.15, 0.2) is 0 Å². The van der Waals surface area contributed by atoms with Crippen molar-refractivity contribution in [2.75, 3.05) is 7.05 Å². The summed E-state index contributed by atoms with van der Waals surface area (Å²) < 4.78 is 0. The van der Waals surface area contributed by atoms with E-state index in [1.165, 1.54) is 28.4 Å². The smallest absolute Gasteiger partial charge is 0.0930 e. The molecule has 16 heavy (non-hydrogen) atoms. The summed E-state index contributed by atoms with van der Waals surface area (Å²) in [5.41, 5.74) is 1.20. The largest absolute Gasteiger partial charge is 0.317 e. The van der Waals surface area contributed by atoms with E-state index in [1.54, 1.807) is 0 Å². The molecule has 92 valence electrons. The van der Waals surface area contributed by atoms with Crippen molar-refractivity contribution < 1.29 is 0 Å². The van der Waals surface area contributed by atoms with Gasteiger partial charge < -0.3 is 5.32 Å². The number of thiazole rings is 1. The summed E-state index contributed by atoms with van der Waals surface area (Å²) in [7, 11) is 2.06. The highest BCUT2D eigenvalue weighted by atomic mass is 32.1. The first-order valence-electron chi connectivity index (χ1n) is 6.14. The average molecular weight is 240 g/mol. The summed E-state index contributed by atoms with van der Waals surface area (Å²) in [6.07, 6.45) is 3.60. The number of nitrogens with zero attached hydrogens (tertiary/aromatic N) is 1. The Morgan fingerprint density at radius 1 is 1.31 bits per heavy atom. The lowest BCUT2D eigenvalue weighted by atomic mass is 9.99. The van der Waals surface area contributed by atoms with Gasteiger partial charge in [0.25, 0.3) is 0 Å². The molecule has 0 radical (unpaired) electrons. The first kappa shape index (κ1) is 13.7. The van der Waals surface area contributed by atoms with Crippen LogP contribution in [0.15, 0.2) is 0 Å². The van der Waals surface area contributed by atoms with Crippen molar-refractivity contribution in [1.29, 1.82) is 0 Å². The summed E-state index contributed by atoms with van der Waals surface area (Å²) in [6, 6.07) is 0.641. The highest BCUT2D eigenvalue weighted by Crippen LogP contribution is 2.19. The van der Waals surface area contributed by atoms with Crippen molar-refractivity contribution >= 4 is 11.3 Å². The van der Waals surface area contributed by atoms with Crippen LogP contribution in [0, 0.1) is 19.8 Å². The Morgan fingerprint density at radius 2 is 2.00 bits per heavy atom. The van der Waals surface area contributed by atoms with Crippen molar-refractivity contribution in [3.05, 3.63) is 15.6 Å². The van der Waals surface area contributed by atoms with E-state index in [9.17, 15) is 0 Å². The Balaban J connectivity index is 2.35. The lowest BCUT2D eigenvalue weighted by molar-refractivity contribution is 0.393. The van der Waals surface area contributed by atoms with Gasteiger partial charge in [-0.05, 0) is 46.1 Å². The number of rotatable bonds is 6. The molecule has 1 atom stereocenters. The molecule has 1 aromatic rings. The maximum absolute atomic E-state index is 4.58. The molecule has 0 aliphatic heterocycles. The monoisotopic (exact) mass is 240 g/mol. The van der Waals surface area contributed by atoms with Crippen LogP contribution in [0.1, 0.15) is 42.3 Å². The van der Waals surface area contributed by atoms with Crippen molar-refractivity contribution in [1.82, 2.24) is 10.3 Å². The minimum Gasteiger partial charge on any atom is -0.317 e. The number of aryl methyl sites for hydroxylation is 3. The van der Waals surface area contributed by atoms with Crippen LogP contribution < -0.4 is 5.32 Å². The van der Waals surface area contributed by atoms with Crippen LogP contribution in [0.2, 0.25) is 0 Å². The van der Waals surface area contributed by atoms with Gasteiger partial charge in [0.05, 0.1) is 10.7 Å². The van der Waals surface area contributed by atoms with Gasteiger partial charge in [0.1, 0.15) is 0 Å². The zero-order valence-electron chi connectivity index (χ0n) is 11.1. The third-order valence-electron chi connectivity index (χ3n) is 3.15. The molecule has 0 aromatic carbocycles. The van der Waals surface area contributed by atoms with Gasteiger partial charge in [-0.3, -0.25) is 0 Å². The second kappa shape index (κ2) is 6.36. The van der Waals surface area contributed by atoms with Gasteiger partial charge in [0.2, 0.25) is 0 Å². The van der Waals surface area contributed by atoms with Gasteiger partial charge >= 0.3 is 0 Å². The third-order valence-corrected chi connectivity index (χ3v) is 4.29. The van der Waals surface area contributed by atoms with Gasteiger partial charge in [-0.2, -0.15) is 0 Å². The maximum Gasteiger partial charge on any atom is 0.0930 e. The highest BCUT2D eigenvalue weighted by molar-refractivity contribution is 7.11. The molecular weight excluding hydrogens is 216 g/mol. The molecule has 0 saturated heterocycles. The summed E-state index contributed by atoms with van der Waals surface area (Å²) >= 11 is 1.85. The first-order valence-corrected chi connectivity index (χ1v) is 6.96. The standard InChI is InChI=1S/C13H24N2S/c1-9(2)12(14-5)7-6-8-13-15-10(3)11(4)16-13/h9,12,14H,6-8H2,1-5H3. The van der Waals surface area contributed by atoms with Gasteiger partial charge in [0, 0.05) is 10.9 Å². The normalized spacial score (nSPS) is 13.4. The van der Waals surface area contributed by atoms with Gasteiger partial charge in [-0.1, -0.05) is 13.8 Å². The molecule has 0 fully saturated rings. The quantitative estimate of drug-likeness (QED) is 0.825. The summed E-state index contributed by atoms with van der Waals surface area (Å²) in [4.78, 5) is 5.94. The highest BCUT2D eigenvalue weighted by Gasteiger charge is 2.11. The predicted molar refractivity (Wildman–Crippen MR) is 72.2 cm³/mol.